The third-order valence-corrected chi connectivity index (χ3v) is 6.81. The molecule has 2 N–H and O–H groups in total. The molecule has 3 aromatic rings. The first-order valence-electron chi connectivity index (χ1n) is 12.2. The van der Waals surface area contributed by atoms with Crippen molar-refractivity contribution in [1.82, 2.24) is 5.32 Å². The average molecular weight is 514 g/mol. The molecule has 0 saturated carbocycles. The van der Waals surface area contributed by atoms with E-state index < -0.39 is 12.0 Å². The maximum atomic E-state index is 13.2. The van der Waals surface area contributed by atoms with Gasteiger partial charge in [0.1, 0.15) is 6.04 Å². The summed E-state index contributed by atoms with van der Waals surface area (Å²) in [4.78, 5) is 24.9. The number of carboxylic acids is 1. The standard InChI is InChI=1S/C30H35NO4S.Li.H/c1-20(2)24-12-9-22(10-13-24)18-35-19-23-11-14-26(27(17-23)25-8-6-5-7-21(25)3)29(32)31-28(30(33)34)15-16-36-4;;/h5-14,17,20,28H,15-16,18-19H2,1-4H3,(H,31,32)(H,33,34);;. The van der Waals surface area contributed by atoms with Gasteiger partial charge in [0.25, 0.3) is 5.91 Å². The predicted molar refractivity (Wildman–Crippen MR) is 155 cm³/mol. The number of carboxylic acid groups (broad SMARTS) is 1. The van der Waals surface area contributed by atoms with Crippen molar-refractivity contribution in [2.45, 2.75) is 52.4 Å². The van der Waals surface area contributed by atoms with E-state index in [2.05, 4.69) is 43.4 Å². The Hall–Kier alpha value is -2.49. The number of carbonyl (C=O) groups is 2. The van der Waals surface area contributed by atoms with Gasteiger partial charge >= 0.3 is 24.8 Å². The van der Waals surface area contributed by atoms with Crippen LogP contribution in [0.2, 0.25) is 0 Å². The predicted octanol–water partition coefficient (Wildman–Crippen LogP) is 5.79. The molecule has 192 valence electrons. The van der Waals surface area contributed by atoms with Gasteiger partial charge in [0.2, 0.25) is 0 Å². The van der Waals surface area contributed by atoms with Crippen LogP contribution in [0, 0.1) is 6.92 Å². The number of benzene rings is 3. The zero-order valence-corrected chi connectivity index (χ0v) is 22.2. The summed E-state index contributed by atoms with van der Waals surface area (Å²) in [5, 5.41) is 12.3. The van der Waals surface area contributed by atoms with Gasteiger partial charge in [0, 0.05) is 5.56 Å². The number of hydrogen-bond donors (Lipinski definition) is 2. The number of ether oxygens (including phenoxy) is 1. The monoisotopic (exact) mass is 513 g/mol. The molecule has 5 nitrogen and oxygen atoms in total. The average Bonchev–Trinajstić information content (AvgIpc) is 2.86. The SMILES string of the molecule is CSCCC(NC(=O)c1ccc(COCc2ccc(C(C)C)cc2)cc1-c1ccccc1C)C(=O)O.[LiH]. The van der Waals surface area contributed by atoms with Crippen molar-refractivity contribution in [3.63, 3.8) is 0 Å². The Kier molecular flexibility index (Phi) is 12.5. The quantitative estimate of drug-likeness (QED) is 0.300. The first-order valence-corrected chi connectivity index (χ1v) is 13.6. The van der Waals surface area contributed by atoms with E-state index >= 15 is 0 Å². The Balaban J connectivity index is 0.00000481. The van der Waals surface area contributed by atoms with Gasteiger partial charge in [0.05, 0.1) is 13.2 Å². The van der Waals surface area contributed by atoms with Crippen LogP contribution in [-0.2, 0) is 22.7 Å². The van der Waals surface area contributed by atoms with Crippen molar-refractivity contribution in [3.8, 4) is 11.1 Å². The molecule has 0 aliphatic carbocycles. The van der Waals surface area contributed by atoms with E-state index in [-0.39, 0.29) is 24.8 Å². The molecule has 0 aliphatic heterocycles. The molecule has 0 aliphatic rings. The van der Waals surface area contributed by atoms with E-state index in [0.717, 1.165) is 27.8 Å². The molecule has 0 aromatic heterocycles. The van der Waals surface area contributed by atoms with Crippen LogP contribution in [0.15, 0.2) is 66.7 Å². The molecule has 0 heterocycles. The molecule has 0 fully saturated rings. The number of nitrogens with one attached hydrogen (secondary N) is 1. The minimum atomic E-state index is -1.03. The van der Waals surface area contributed by atoms with Crippen molar-refractivity contribution < 1.29 is 19.4 Å². The molecule has 0 saturated heterocycles. The van der Waals surface area contributed by atoms with Gasteiger partial charge < -0.3 is 15.2 Å². The van der Waals surface area contributed by atoms with Gasteiger partial charge in [-0.05, 0) is 76.8 Å². The fourth-order valence-corrected chi connectivity index (χ4v) is 4.46. The normalized spacial score (nSPS) is 11.6. The third kappa shape index (κ3) is 8.79. The molecular formula is C30H36LiNO4S. The summed E-state index contributed by atoms with van der Waals surface area (Å²) in [6, 6.07) is 21.0. The molecule has 3 rings (SSSR count). The number of aliphatic carboxylic acids is 1. The van der Waals surface area contributed by atoms with Crippen LogP contribution in [0.4, 0.5) is 0 Å². The fraction of sp³-hybridized carbons (Fsp3) is 0.333. The van der Waals surface area contributed by atoms with Gasteiger partial charge in [-0.25, -0.2) is 4.79 Å². The summed E-state index contributed by atoms with van der Waals surface area (Å²) in [7, 11) is 0. The van der Waals surface area contributed by atoms with Crippen LogP contribution in [0.25, 0.3) is 11.1 Å². The molecule has 1 atom stereocenters. The summed E-state index contributed by atoms with van der Waals surface area (Å²) >= 11 is 1.55. The molecule has 3 aromatic carbocycles. The summed E-state index contributed by atoms with van der Waals surface area (Å²) in [6.07, 6.45) is 2.28. The van der Waals surface area contributed by atoms with E-state index in [4.69, 9.17) is 4.74 Å². The van der Waals surface area contributed by atoms with Crippen molar-refractivity contribution in [3.05, 3.63) is 94.5 Å². The van der Waals surface area contributed by atoms with Crippen LogP contribution < -0.4 is 5.32 Å². The molecule has 0 spiro atoms. The van der Waals surface area contributed by atoms with Gasteiger partial charge in [0.15, 0.2) is 0 Å². The van der Waals surface area contributed by atoms with Crippen molar-refractivity contribution in [2.75, 3.05) is 12.0 Å². The second-order valence-electron chi connectivity index (χ2n) is 9.23. The molecular weight excluding hydrogens is 477 g/mol. The number of aryl methyl sites for hydroxylation is 1. The molecule has 7 heteroatoms. The molecule has 37 heavy (non-hydrogen) atoms. The number of carbonyl (C=O) groups excluding carboxylic acids is 1. The summed E-state index contributed by atoms with van der Waals surface area (Å²) in [5.74, 6) is -0.272. The van der Waals surface area contributed by atoms with Gasteiger partial charge in [-0.2, -0.15) is 11.8 Å². The van der Waals surface area contributed by atoms with Crippen molar-refractivity contribution in [2.24, 2.45) is 0 Å². The van der Waals surface area contributed by atoms with Gasteiger partial charge in [-0.3, -0.25) is 4.79 Å². The third-order valence-electron chi connectivity index (χ3n) is 6.16. The van der Waals surface area contributed by atoms with Crippen molar-refractivity contribution in [1.29, 1.82) is 0 Å². The van der Waals surface area contributed by atoms with Crippen LogP contribution in [-0.4, -0.2) is 53.9 Å². The van der Waals surface area contributed by atoms with Gasteiger partial charge in [-0.15, -0.1) is 0 Å². The number of amides is 1. The summed E-state index contributed by atoms with van der Waals surface area (Å²) < 4.78 is 5.99. The van der Waals surface area contributed by atoms with Gasteiger partial charge in [-0.1, -0.05) is 68.4 Å². The zero-order valence-electron chi connectivity index (χ0n) is 21.4. The van der Waals surface area contributed by atoms with Crippen LogP contribution in [0.3, 0.4) is 0 Å². The summed E-state index contributed by atoms with van der Waals surface area (Å²) in [6.45, 7) is 7.24. The molecule has 1 amide bonds. The number of rotatable bonds is 12. The summed E-state index contributed by atoms with van der Waals surface area (Å²) in [5.41, 5.74) is 6.54. The maximum absolute atomic E-state index is 13.2. The molecule has 0 bridgehead atoms. The Labute approximate surface area is 236 Å². The van der Waals surface area contributed by atoms with E-state index in [1.807, 2.05) is 49.6 Å². The Bertz CT molecular complexity index is 1180. The first-order chi connectivity index (χ1) is 17.3. The fourth-order valence-electron chi connectivity index (χ4n) is 3.99. The molecule has 0 radical (unpaired) electrons. The Morgan fingerprint density at radius 2 is 1.59 bits per heavy atom. The van der Waals surface area contributed by atoms with E-state index in [1.54, 1.807) is 17.8 Å². The first kappa shape index (κ1) is 30.7. The Morgan fingerprint density at radius 3 is 2.22 bits per heavy atom. The van der Waals surface area contributed by atoms with Crippen molar-refractivity contribution >= 4 is 42.5 Å². The number of thioether (sulfide) groups is 1. The molecule has 1 unspecified atom stereocenters. The second-order valence-corrected chi connectivity index (χ2v) is 10.2. The van der Waals surface area contributed by atoms with E-state index in [0.29, 0.717) is 36.9 Å². The van der Waals surface area contributed by atoms with Crippen LogP contribution in [0.5, 0.6) is 0 Å². The zero-order chi connectivity index (χ0) is 26.1. The van der Waals surface area contributed by atoms with E-state index in [9.17, 15) is 14.7 Å². The van der Waals surface area contributed by atoms with Crippen LogP contribution >= 0.6 is 11.8 Å². The topological polar surface area (TPSA) is 75.6 Å². The van der Waals surface area contributed by atoms with Crippen LogP contribution in [0.1, 0.15) is 58.8 Å². The van der Waals surface area contributed by atoms with E-state index in [1.165, 1.54) is 5.56 Å². The Morgan fingerprint density at radius 1 is 0.946 bits per heavy atom. The second kappa shape index (κ2) is 15.0. The number of hydrogen-bond acceptors (Lipinski definition) is 4. The minimum absolute atomic E-state index is 0.